The van der Waals surface area contributed by atoms with Gasteiger partial charge in [0.25, 0.3) is 0 Å². The topological polar surface area (TPSA) is 47.6 Å². The number of aromatic nitrogens is 1. The highest BCUT2D eigenvalue weighted by Crippen LogP contribution is 2.22. The minimum Gasteiger partial charge on any atom is -0.481 e. The first-order chi connectivity index (χ1) is 8.19. The highest BCUT2D eigenvalue weighted by Gasteiger charge is 2.03. The Kier molecular flexibility index (Phi) is 4.16. The molecule has 2 heterocycles. The molecule has 2 rings (SSSR count). The van der Waals surface area contributed by atoms with Gasteiger partial charge in [0.1, 0.15) is 5.76 Å². The number of methoxy groups -OCH3 is 1. The van der Waals surface area contributed by atoms with Crippen LogP contribution in [0.4, 0.5) is 5.69 Å². The number of nitrogens with zero attached hydrogens (tertiary/aromatic N) is 2. The molecule has 0 bridgehead atoms. The Morgan fingerprint density at radius 2 is 2.35 bits per heavy atom. The van der Waals surface area contributed by atoms with Crippen LogP contribution in [0.1, 0.15) is 5.76 Å². The van der Waals surface area contributed by atoms with Gasteiger partial charge in [-0.2, -0.15) is 0 Å². The van der Waals surface area contributed by atoms with E-state index in [9.17, 15) is 0 Å². The predicted octanol–water partition coefficient (Wildman–Crippen LogP) is 3.80. The van der Waals surface area contributed by atoms with Crippen LogP contribution in [0, 0.1) is 3.77 Å². The molecule has 0 aliphatic heterocycles. The third-order valence-electron chi connectivity index (χ3n) is 1.93. The van der Waals surface area contributed by atoms with Crippen molar-refractivity contribution in [3.05, 3.63) is 38.4 Å². The van der Waals surface area contributed by atoms with E-state index in [1.165, 1.54) is 0 Å². The van der Waals surface area contributed by atoms with E-state index in [-0.39, 0.29) is 0 Å². The molecular formula is C11H8BrIN2O2. The van der Waals surface area contributed by atoms with Crippen molar-refractivity contribution in [3.63, 3.8) is 0 Å². The molecule has 0 aromatic carbocycles. The fraction of sp³-hybridized carbons (Fsp3) is 0.0909. The summed E-state index contributed by atoms with van der Waals surface area (Å²) in [6.07, 6.45) is 3.29. The van der Waals surface area contributed by atoms with Crippen molar-refractivity contribution in [2.24, 2.45) is 4.99 Å². The normalized spacial score (nSPS) is 11.0. The van der Waals surface area contributed by atoms with Crippen LogP contribution in [0.15, 0.2) is 38.3 Å². The molecule has 0 amide bonds. The molecule has 4 nitrogen and oxygen atoms in total. The molecule has 0 atom stereocenters. The summed E-state index contributed by atoms with van der Waals surface area (Å²) in [5.41, 5.74) is 0.744. The molecule has 0 fully saturated rings. The Labute approximate surface area is 120 Å². The van der Waals surface area contributed by atoms with Gasteiger partial charge < -0.3 is 9.15 Å². The molecule has 88 valence electrons. The fourth-order valence-electron chi connectivity index (χ4n) is 1.13. The summed E-state index contributed by atoms with van der Waals surface area (Å²) in [5.74, 6) is 1.26. The molecule has 0 N–H and O–H groups in total. The minimum absolute atomic E-state index is 0.569. The standard InChI is InChI=1S/C11H8BrIN2O2/c1-16-10-3-2-7(5-15-10)14-6-8-4-9(12)11(13)17-8/h2-6H,1H3. The minimum atomic E-state index is 0.569. The number of rotatable bonds is 3. The lowest BCUT2D eigenvalue weighted by atomic mass is 10.4. The average molecular weight is 407 g/mol. The summed E-state index contributed by atoms with van der Waals surface area (Å²) in [6, 6.07) is 5.45. The molecular weight excluding hydrogens is 399 g/mol. The van der Waals surface area contributed by atoms with E-state index >= 15 is 0 Å². The number of halogens is 2. The predicted molar refractivity (Wildman–Crippen MR) is 77.2 cm³/mol. The number of ether oxygens (including phenoxy) is 1. The third kappa shape index (κ3) is 3.29. The molecule has 0 saturated carbocycles. The smallest absolute Gasteiger partial charge is 0.213 e. The largest absolute Gasteiger partial charge is 0.481 e. The molecule has 0 aliphatic carbocycles. The van der Waals surface area contributed by atoms with Gasteiger partial charge in [-0.25, -0.2) is 4.98 Å². The van der Waals surface area contributed by atoms with E-state index in [1.54, 1.807) is 25.6 Å². The van der Waals surface area contributed by atoms with E-state index in [1.807, 2.05) is 12.1 Å². The van der Waals surface area contributed by atoms with Gasteiger partial charge in [-0.15, -0.1) is 0 Å². The zero-order chi connectivity index (χ0) is 12.3. The van der Waals surface area contributed by atoms with Crippen molar-refractivity contribution in [1.29, 1.82) is 0 Å². The van der Waals surface area contributed by atoms with Crippen molar-refractivity contribution in [3.8, 4) is 5.88 Å². The van der Waals surface area contributed by atoms with E-state index in [2.05, 4.69) is 48.5 Å². The fourth-order valence-corrected chi connectivity index (χ4v) is 1.85. The zero-order valence-electron chi connectivity index (χ0n) is 8.85. The van der Waals surface area contributed by atoms with E-state index in [0.29, 0.717) is 11.6 Å². The first-order valence-corrected chi connectivity index (χ1v) is 6.55. The van der Waals surface area contributed by atoms with Crippen molar-refractivity contribution < 1.29 is 9.15 Å². The van der Waals surface area contributed by atoms with Crippen LogP contribution in [-0.4, -0.2) is 18.3 Å². The molecule has 0 spiro atoms. The van der Waals surface area contributed by atoms with Gasteiger partial charge in [0.2, 0.25) is 5.88 Å². The summed E-state index contributed by atoms with van der Waals surface area (Å²) >= 11 is 5.47. The van der Waals surface area contributed by atoms with Crippen molar-refractivity contribution in [2.45, 2.75) is 0 Å². The first-order valence-electron chi connectivity index (χ1n) is 4.68. The SMILES string of the molecule is COc1ccc(N=Cc2cc(Br)c(I)o2)cn1. The molecule has 0 radical (unpaired) electrons. The second kappa shape index (κ2) is 5.63. The van der Waals surface area contributed by atoms with Crippen LogP contribution < -0.4 is 4.74 Å². The van der Waals surface area contributed by atoms with Gasteiger partial charge in [-0.3, -0.25) is 4.99 Å². The summed E-state index contributed by atoms with van der Waals surface area (Å²) in [4.78, 5) is 8.30. The van der Waals surface area contributed by atoms with E-state index < -0.39 is 0 Å². The van der Waals surface area contributed by atoms with Gasteiger partial charge in [-0.05, 0) is 22.0 Å². The maximum Gasteiger partial charge on any atom is 0.213 e. The Morgan fingerprint density at radius 1 is 1.53 bits per heavy atom. The number of furan rings is 1. The summed E-state index contributed by atoms with van der Waals surface area (Å²) in [6.45, 7) is 0. The molecule has 0 aliphatic rings. The number of pyridine rings is 1. The van der Waals surface area contributed by atoms with E-state index in [4.69, 9.17) is 9.15 Å². The van der Waals surface area contributed by atoms with Gasteiger partial charge in [0.05, 0.1) is 29.7 Å². The maximum absolute atomic E-state index is 5.43. The summed E-state index contributed by atoms with van der Waals surface area (Å²) < 4.78 is 12.1. The number of hydrogen-bond donors (Lipinski definition) is 0. The number of hydrogen-bond acceptors (Lipinski definition) is 4. The van der Waals surface area contributed by atoms with Gasteiger partial charge in [0, 0.05) is 34.7 Å². The summed E-state index contributed by atoms with van der Waals surface area (Å²) in [5, 5.41) is 0. The maximum atomic E-state index is 5.43. The van der Waals surface area contributed by atoms with Crippen LogP contribution in [0.25, 0.3) is 0 Å². The first kappa shape index (κ1) is 12.6. The van der Waals surface area contributed by atoms with Gasteiger partial charge in [-0.1, -0.05) is 0 Å². The molecule has 0 saturated heterocycles. The molecule has 2 aromatic rings. The lowest BCUT2D eigenvalue weighted by molar-refractivity contribution is 0.398. The third-order valence-corrected chi connectivity index (χ3v) is 4.07. The van der Waals surface area contributed by atoms with Crippen LogP contribution in [0.2, 0.25) is 0 Å². The van der Waals surface area contributed by atoms with Crippen LogP contribution in [0.3, 0.4) is 0 Å². The Hall–Kier alpha value is -0.890. The van der Waals surface area contributed by atoms with Gasteiger partial charge in [0.15, 0.2) is 3.77 Å². The second-order valence-electron chi connectivity index (χ2n) is 3.09. The zero-order valence-corrected chi connectivity index (χ0v) is 12.6. The van der Waals surface area contributed by atoms with Crippen molar-refractivity contribution in [1.82, 2.24) is 4.98 Å². The van der Waals surface area contributed by atoms with Crippen molar-refractivity contribution in [2.75, 3.05) is 7.11 Å². The molecule has 2 aromatic heterocycles. The van der Waals surface area contributed by atoms with Crippen LogP contribution >= 0.6 is 38.5 Å². The summed E-state index contributed by atoms with van der Waals surface area (Å²) in [7, 11) is 1.58. The average Bonchev–Trinajstić information content (AvgIpc) is 2.67. The Bertz CT molecular complexity index is 517. The highest BCUT2D eigenvalue weighted by atomic mass is 127. The van der Waals surface area contributed by atoms with E-state index in [0.717, 1.165) is 13.9 Å². The molecule has 0 unspecified atom stereocenters. The second-order valence-corrected chi connectivity index (χ2v) is 4.92. The molecule has 6 heteroatoms. The Balaban J connectivity index is 2.14. The van der Waals surface area contributed by atoms with Gasteiger partial charge >= 0.3 is 0 Å². The van der Waals surface area contributed by atoms with Crippen LogP contribution in [-0.2, 0) is 0 Å². The van der Waals surface area contributed by atoms with Crippen LogP contribution in [0.5, 0.6) is 5.88 Å². The molecule has 17 heavy (non-hydrogen) atoms. The highest BCUT2D eigenvalue weighted by molar-refractivity contribution is 14.1. The quantitative estimate of drug-likeness (QED) is 0.575. The Morgan fingerprint density at radius 3 is 2.88 bits per heavy atom. The lowest BCUT2D eigenvalue weighted by Gasteiger charge is -1.96. The lowest BCUT2D eigenvalue weighted by Crippen LogP contribution is -1.84. The van der Waals surface area contributed by atoms with Crippen molar-refractivity contribution >= 4 is 50.4 Å². The monoisotopic (exact) mass is 406 g/mol. The number of aliphatic imine (C=N–C) groups is 1.